The van der Waals surface area contributed by atoms with Gasteiger partial charge in [0.15, 0.2) is 0 Å². The molecule has 2 atom stereocenters. The molecule has 1 aromatic rings. The number of carbonyl (C=O) groups excluding carboxylic acids is 1. The van der Waals surface area contributed by atoms with Crippen LogP contribution in [0.25, 0.3) is 0 Å². The molecule has 1 aliphatic heterocycles. The molecule has 1 heterocycles. The minimum absolute atomic E-state index is 0.0309. The molecule has 2 aliphatic rings. The predicted molar refractivity (Wildman–Crippen MR) is 101 cm³/mol. The van der Waals surface area contributed by atoms with E-state index in [2.05, 4.69) is 4.90 Å². The first-order valence-electron chi connectivity index (χ1n) is 9.35. The van der Waals surface area contributed by atoms with Crippen molar-refractivity contribution in [1.82, 2.24) is 4.90 Å². The number of carboxylic acids is 1. The number of nitrogens with zero attached hydrogens (tertiary/aromatic N) is 2. The zero-order chi connectivity index (χ0) is 19.6. The second-order valence-corrected chi connectivity index (χ2v) is 7.74. The van der Waals surface area contributed by atoms with Crippen LogP contribution in [0, 0.1) is 17.3 Å². The van der Waals surface area contributed by atoms with E-state index < -0.39 is 23.2 Å². The number of hydrogen-bond acceptors (Lipinski definition) is 5. The lowest BCUT2D eigenvalue weighted by Crippen LogP contribution is -2.49. The lowest BCUT2D eigenvalue weighted by atomic mass is 10.1. The largest absolute Gasteiger partial charge is 0.489 e. The molecule has 1 saturated heterocycles. The summed E-state index contributed by atoms with van der Waals surface area (Å²) in [4.78, 5) is 28.1. The maximum Gasteiger partial charge on any atom is 0.307 e. The third-order valence-corrected chi connectivity index (χ3v) is 5.70. The summed E-state index contributed by atoms with van der Waals surface area (Å²) in [5.74, 6) is -1.08. The minimum atomic E-state index is -0.876. The number of amides is 1. The number of aliphatic carboxylic acids is 1. The van der Waals surface area contributed by atoms with E-state index in [1.807, 2.05) is 38.1 Å². The summed E-state index contributed by atoms with van der Waals surface area (Å²) in [6.45, 7) is 7.30. The maximum atomic E-state index is 12.8. The molecule has 0 radical (unpaired) electrons. The number of benzene rings is 1. The van der Waals surface area contributed by atoms with Gasteiger partial charge in [0.25, 0.3) is 0 Å². The summed E-state index contributed by atoms with van der Waals surface area (Å²) in [6, 6.07) is 7.86. The topological polar surface area (TPSA) is 79.3 Å². The van der Waals surface area contributed by atoms with Gasteiger partial charge in [-0.25, -0.2) is 0 Å². The van der Waals surface area contributed by atoms with Crippen molar-refractivity contribution < 1.29 is 24.2 Å². The normalized spacial score (nSPS) is 23.8. The van der Waals surface area contributed by atoms with Crippen LogP contribution in [0.4, 0.5) is 5.69 Å². The first-order valence-corrected chi connectivity index (χ1v) is 9.35. The van der Waals surface area contributed by atoms with E-state index in [4.69, 9.17) is 9.47 Å². The number of hydrogen-bond donors (Lipinski definition) is 1. The molecule has 2 fully saturated rings. The molecule has 1 N–H and O–H groups in total. The Morgan fingerprint density at radius 3 is 2.37 bits per heavy atom. The molecular formula is C20H28N2O5. The molecule has 7 heteroatoms. The Morgan fingerprint density at radius 1 is 1.11 bits per heavy atom. The molecule has 7 nitrogen and oxygen atoms in total. The van der Waals surface area contributed by atoms with Crippen molar-refractivity contribution in [2.24, 2.45) is 17.3 Å². The van der Waals surface area contributed by atoms with Gasteiger partial charge in [0.05, 0.1) is 24.1 Å². The number of rotatable bonds is 7. The van der Waals surface area contributed by atoms with Gasteiger partial charge in [0, 0.05) is 33.3 Å². The molecule has 0 aromatic heterocycles. The van der Waals surface area contributed by atoms with Crippen LogP contribution in [-0.4, -0.2) is 68.4 Å². The number of carboxylic acid groups (broad SMARTS) is 1. The van der Waals surface area contributed by atoms with Crippen molar-refractivity contribution >= 4 is 17.6 Å². The van der Waals surface area contributed by atoms with Gasteiger partial charge in [0.1, 0.15) is 12.4 Å². The van der Waals surface area contributed by atoms with Crippen molar-refractivity contribution in [2.45, 2.75) is 13.8 Å². The van der Waals surface area contributed by atoms with Gasteiger partial charge in [-0.3, -0.25) is 9.59 Å². The lowest BCUT2D eigenvalue weighted by Gasteiger charge is -2.37. The van der Waals surface area contributed by atoms with Crippen molar-refractivity contribution in [3.63, 3.8) is 0 Å². The fourth-order valence-corrected chi connectivity index (χ4v) is 4.00. The van der Waals surface area contributed by atoms with Gasteiger partial charge < -0.3 is 24.4 Å². The van der Waals surface area contributed by atoms with E-state index in [0.717, 1.165) is 11.4 Å². The number of ether oxygens (including phenoxy) is 2. The summed E-state index contributed by atoms with van der Waals surface area (Å²) >= 11 is 0. The summed E-state index contributed by atoms with van der Waals surface area (Å²) in [7, 11) is 1.64. The second-order valence-electron chi connectivity index (χ2n) is 7.74. The quantitative estimate of drug-likeness (QED) is 0.730. The molecule has 1 amide bonds. The van der Waals surface area contributed by atoms with E-state index in [0.29, 0.717) is 39.4 Å². The van der Waals surface area contributed by atoms with Crippen LogP contribution < -0.4 is 9.64 Å². The third-order valence-electron chi connectivity index (χ3n) is 5.70. The van der Waals surface area contributed by atoms with Crippen LogP contribution in [0.3, 0.4) is 0 Å². The average molecular weight is 376 g/mol. The summed E-state index contributed by atoms with van der Waals surface area (Å²) < 4.78 is 10.8. The SMILES string of the molecule is COCCOc1ccccc1N1CCN(C(=O)[C@@H]2[C@H](C(=O)O)C2(C)C)CC1. The van der Waals surface area contributed by atoms with Crippen molar-refractivity contribution in [3.05, 3.63) is 24.3 Å². The van der Waals surface area contributed by atoms with Crippen molar-refractivity contribution in [1.29, 1.82) is 0 Å². The van der Waals surface area contributed by atoms with Crippen LogP contribution >= 0.6 is 0 Å². The molecule has 0 spiro atoms. The average Bonchev–Trinajstić information content (AvgIpc) is 3.24. The van der Waals surface area contributed by atoms with Gasteiger partial charge in [-0.05, 0) is 17.5 Å². The summed E-state index contributed by atoms with van der Waals surface area (Å²) in [6.07, 6.45) is 0. The van der Waals surface area contributed by atoms with E-state index >= 15 is 0 Å². The highest BCUT2D eigenvalue weighted by Crippen LogP contribution is 2.59. The van der Waals surface area contributed by atoms with Gasteiger partial charge in [-0.2, -0.15) is 0 Å². The smallest absolute Gasteiger partial charge is 0.307 e. The standard InChI is InChI=1S/C20H28N2O5/c1-20(2)16(17(20)19(24)25)18(23)22-10-8-21(9-11-22)14-6-4-5-7-15(14)27-13-12-26-3/h4-7,16-17H,8-13H2,1-3H3,(H,24,25)/t16-,17+/m0/s1. The predicted octanol–water partition coefficient (Wildman–Crippen LogP) is 1.72. The number of methoxy groups -OCH3 is 1. The number of carbonyl (C=O) groups is 2. The van der Waals surface area contributed by atoms with Gasteiger partial charge in [0.2, 0.25) is 5.91 Å². The van der Waals surface area contributed by atoms with E-state index in [-0.39, 0.29) is 5.91 Å². The highest BCUT2D eigenvalue weighted by Gasteiger charge is 2.66. The van der Waals surface area contributed by atoms with E-state index in [1.54, 1.807) is 12.0 Å². The molecule has 3 rings (SSSR count). The first kappa shape index (κ1) is 19.5. The van der Waals surface area contributed by atoms with E-state index in [9.17, 15) is 14.7 Å². The van der Waals surface area contributed by atoms with Gasteiger partial charge >= 0.3 is 5.97 Å². The number of piperazine rings is 1. The van der Waals surface area contributed by atoms with Crippen LogP contribution in [0.5, 0.6) is 5.75 Å². The summed E-state index contributed by atoms with van der Waals surface area (Å²) in [5.41, 5.74) is 0.554. The van der Waals surface area contributed by atoms with Crippen LogP contribution in [-0.2, 0) is 14.3 Å². The molecule has 1 saturated carbocycles. The molecule has 27 heavy (non-hydrogen) atoms. The van der Waals surface area contributed by atoms with Crippen LogP contribution in [0.1, 0.15) is 13.8 Å². The molecule has 148 valence electrons. The van der Waals surface area contributed by atoms with Crippen LogP contribution in [0.15, 0.2) is 24.3 Å². The monoisotopic (exact) mass is 376 g/mol. The van der Waals surface area contributed by atoms with E-state index in [1.165, 1.54) is 0 Å². The fourth-order valence-electron chi connectivity index (χ4n) is 4.00. The molecule has 0 unspecified atom stereocenters. The Morgan fingerprint density at radius 2 is 1.78 bits per heavy atom. The van der Waals surface area contributed by atoms with Crippen LogP contribution in [0.2, 0.25) is 0 Å². The van der Waals surface area contributed by atoms with Gasteiger partial charge in [-0.15, -0.1) is 0 Å². The molecule has 1 aliphatic carbocycles. The zero-order valence-electron chi connectivity index (χ0n) is 16.2. The van der Waals surface area contributed by atoms with Crippen molar-refractivity contribution in [2.75, 3.05) is 51.4 Å². The zero-order valence-corrected chi connectivity index (χ0v) is 16.2. The molecular weight excluding hydrogens is 348 g/mol. The Balaban J connectivity index is 1.60. The van der Waals surface area contributed by atoms with Gasteiger partial charge in [-0.1, -0.05) is 26.0 Å². The minimum Gasteiger partial charge on any atom is -0.489 e. The Kier molecular flexibility index (Phi) is 5.60. The highest BCUT2D eigenvalue weighted by molar-refractivity contribution is 5.91. The molecule has 1 aromatic carbocycles. The maximum absolute atomic E-state index is 12.8. The number of anilines is 1. The van der Waals surface area contributed by atoms with Crippen molar-refractivity contribution in [3.8, 4) is 5.75 Å². The first-order chi connectivity index (χ1) is 12.9. The lowest BCUT2D eigenvalue weighted by molar-refractivity contribution is -0.142. The fraction of sp³-hybridized carbons (Fsp3) is 0.600. The number of para-hydroxylation sites is 2. The third kappa shape index (κ3) is 3.88. The highest BCUT2D eigenvalue weighted by atomic mass is 16.5. The second kappa shape index (κ2) is 7.76. The Bertz CT molecular complexity index is 697. The molecule has 0 bridgehead atoms. The summed E-state index contributed by atoms with van der Waals surface area (Å²) in [5, 5.41) is 9.31. The Labute approximate surface area is 159 Å². The Hall–Kier alpha value is -2.28.